The summed E-state index contributed by atoms with van der Waals surface area (Å²) in [6.07, 6.45) is 5.92. The van der Waals surface area contributed by atoms with Crippen LogP contribution in [-0.2, 0) is 0 Å². The number of aromatic nitrogens is 1. The van der Waals surface area contributed by atoms with Gasteiger partial charge >= 0.3 is 0 Å². The Labute approximate surface area is 108 Å². The highest BCUT2D eigenvalue weighted by molar-refractivity contribution is 7.09. The lowest BCUT2D eigenvalue weighted by atomic mass is 9.96. The molecule has 0 radical (unpaired) electrons. The minimum absolute atomic E-state index is 0.521. The quantitative estimate of drug-likeness (QED) is 0.817. The molecule has 1 aliphatic rings. The fourth-order valence-electron chi connectivity index (χ4n) is 2.74. The van der Waals surface area contributed by atoms with Crippen LogP contribution in [0.5, 0.6) is 0 Å². The number of hydrogen-bond donors (Lipinski definition) is 2. The molecule has 0 spiro atoms. The van der Waals surface area contributed by atoms with Crippen molar-refractivity contribution >= 4 is 11.3 Å². The van der Waals surface area contributed by atoms with E-state index in [-0.39, 0.29) is 0 Å². The monoisotopic (exact) mass is 253 g/mol. The van der Waals surface area contributed by atoms with Gasteiger partial charge in [-0.05, 0) is 37.8 Å². The van der Waals surface area contributed by atoms with Crippen LogP contribution in [0.3, 0.4) is 0 Å². The van der Waals surface area contributed by atoms with Crippen molar-refractivity contribution in [2.45, 2.75) is 32.1 Å². The van der Waals surface area contributed by atoms with E-state index in [9.17, 15) is 0 Å². The van der Waals surface area contributed by atoms with Crippen molar-refractivity contribution in [2.24, 2.45) is 17.6 Å². The van der Waals surface area contributed by atoms with E-state index < -0.39 is 0 Å². The van der Waals surface area contributed by atoms with E-state index in [1.54, 1.807) is 11.3 Å². The molecule has 0 aliphatic heterocycles. The minimum atomic E-state index is 0.521. The number of hydrogen-bond acceptors (Lipinski definition) is 4. The molecule has 3 atom stereocenters. The Morgan fingerprint density at radius 1 is 1.53 bits per heavy atom. The zero-order valence-corrected chi connectivity index (χ0v) is 11.4. The highest BCUT2D eigenvalue weighted by Crippen LogP contribution is 2.30. The van der Waals surface area contributed by atoms with E-state index >= 15 is 0 Å². The van der Waals surface area contributed by atoms with Gasteiger partial charge in [-0.2, -0.15) is 0 Å². The molecule has 1 heterocycles. The third-order valence-corrected chi connectivity index (χ3v) is 4.86. The SMILES string of the molecule is CC(CNCC1CCCC1CN)c1nccs1. The second kappa shape index (κ2) is 6.47. The molecule has 1 aliphatic carbocycles. The average molecular weight is 253 g/mol. The van der Waals surface area contributed by atoms with Gasteiger partial charge in [0.1, 0.15) is 0 Å². The summed E-state index contributed by atoms with van der Waals surface area (Å²) >= 11 is 1.75. The molecule has 3 nitrogen and oxygen atoms in total. The fourth-order valence-corrected chi connectivity index (χ4v) is 3.44. The summed E-state index contributed by atoms with van der Waals surface area (Å²) in [7, 11) is 0. The van der Waals surface area contributed by atoms with Crippen LogP contribution in [0.2, 0.25) is 0 Å². The first-order chi connectivity index (χ1) is 8.31. The van der Waals surface area contributed by atoms with Gasteiger partial charge in [0.15, 0.2) is 0 Å². The van der Waals surface area contributed by atoms with Gasteiger partial charge in [-0.3, -0.25) is 0 Å². The molecule has 0 aromatic carbocycles. The molecule has 1 aromatic heterocycles. The maximum atomic E-state index is 5.80. The summed E-state index contributed by atoms with van der Waals surface area (Å²) in [6, 6.07) is 0. The Bertz CT molecular complexity index is 312. The smallest absolute Gasteiger partial charge is 0.0965 e. The topological polar surface area (TPSA) is 50.9 Å². The molecule has 17 heavy (non-hydrogen) atoms. The second-order valence-corrected chi connectivity index (χ2v) is 6.04. The lowest BCUT2D eigenvalue weighted by Crippen LogP contribution is -2.30. The molecule has 4 heteroatoms. The molecule has 3 N–H and O–H groups in total. The first-order valence-electron chi connectivity index (χ1n) is 6.61. The Hall–Kier alpha value is -0.450. The maximum Gasteiger partial charge on any atom is 0.0965 e. The lowest BCUT2D eigenvalue weighted by Gasteiger charge is -2.19. The molecular weight excluding hydrogens is 230 g/mol. The van der Waals surface area contributed by atoms with Crippen LogP contribution in [-0.4, -0.2) is 24.6 Å². The summed E-state index contributed by atoms with van der Waals surface area (Å²) in [5.41, 5.74) is 5.80. The van der Waals surface area contributed by atoms with Gasteiger partial charge in [-0.15, -0.1) is 11.3 Å². The van der Waals surface area contributed by atoms with Crippen LogP contribution in [0.15, 0.2) is 11.6 Å². The van der Waals surface area contributed by atoms with Crippen molar-refractivity contribution in [3.05, 3.63) is 16.6 Å². The van der Waals surface area contributed by atoms with Gasteiger partial charge in [0.25, 0.3) is 0 Å². The molecule has 1 fully saturated rings. The third-order valence-electron chi connectivity index (χ3n) is 3.85. The molecule has 0 amide bonds. The van der Waals surface area contributed by atoms with E-state index in [0.29, 0.717) is 5.92 Å². The van der Waals surface area contributed by atoms with E-state index in [0.717, 1.165) is 31.5 Å². The van der Waals surface area contributed by atoms with E-state index in [2.05, 4.69) is 17.2 Å². The van der Waals surface area contributed by atoms with Crippen LogP contribution in [0.1, 0.15) is 37.1 Å². The molecule has 0 bridgehead atoms. The Morgan fingerprint density at radius 2 is 2.35 bits per heavy atom. The first-order valence-corrected chi connectivity index (χ1v) is 7.49. The van der Waals surface area contributed by atoms with E-state index in [1.807, 2.05) is 11.6 Å². The van der Waals surface area contributed by atoms with Crippen LogP contribution in [0.25, 0.3) is 0 Å². The predicted octanol–water partition coefficient (Wildman–Crippen LogP) is 2.21. The second-order valence-electron chi connectivity index (χ2n) is 5.12. The first kappa shape index (κ1) is 13.0. The predicted molar refractivity (Wildman–Crippen MR) is 73.3 cm³/mol. The van der Waals surface area contributed by atoms with E-state index in [4.69, 9.17) is 5.73 Å². The number of nitrogens with two attached hydrogens (primary N) is 1. The molecule has 1 saturated carbocycles. The van der Waals surface area contributed by atoms with Gasteiger partial charge in [0.05, 0.1) is 5.01 Å². The highest BCUT2D eigenvalue weighted by atomic mass is 32.1. The summed E-state index contributed by atoms with van der Waals surface area (Å²) in [4.78, 5) is 4.36. The van der Waals surface area contributed by atoms with Gasteiger partial charge in [0.2, 0.25) is 0 Å². The van der Waals surface area contributed by atoms with Crippen molar-refractivity contribution in [3.63, 3.8) is 0 Å². The molecule has 1 aromatic rings. The van der Waals surface area contributed by atoms with E-state index in [1.165, 1.54) is 24.3 Å². The summed E-state index contributed by atoms with van der Waals surface area (Å²) in [5, 5.41) is 6.88. The summed E-state index contributed by atoms with van der Waals surface area (Å²) in [6.45, 7) is 5.24. The Morgan fingerprint density at radius 3 is 3.06 bits per heavy atom. The minimum Gasteiger partial charge on any atom is -0.330 e. The van der Waals surface area contributed by atoms with Crippen molar-refractivity contribution in [1.82, 2.24) is 10.3 Å². The largest absolute Gasteiger partial charge is 0.330 e. The standard InChI is InChI=1S/C13H23N3S/c1-10(13-16-5-6-17-13)8-15-9-12-4-2-3-11(12)7-14/h5-6,10-12,15H,2-4,7-9,14H2,1H3. The van der Waals surface area contributed by atoms with Crippen LogP contribution in [0, 0.1) is 11.8 Å². The van der Waals surface area contributed by atoms with Crippen LogP contribution >= 0.6 is 11.3 Å². The van der Waals surface area contributed by atoms with Gasteiger partial charge in [0, 0.05) is 24.0 Å². The molecule has 3 unspecified atom stereocenters. The normalized spacial score (nSPS) is 26.2. The van der Waals surface area contributed by atoms with Gasteiger partial charge < -0.3 is 11.1 Å². The van der Waals surface area contributed by atoms with Crippen molar-refractivity contribution in [2.75, 3.05) is 19.6 Å². The fraction of sp³-hybridized carbons (Fsp3) is 0.769. The van der Waals surface area contributed by atoms with Gasteiger partial charge in [-0.1, -0.05) is 13.3 Å². The van der Waals surface area contributed by atoms with Crippen molar-refractivity contribution < 1.29 is 0 Å². The lowest BCUT2D eigenvalue weighted by molar-refractivity contribution is 0.371. The van der Waals surface area contributed by atoms with Gasteiger partial charge in [-0.25, -0.2) is 4.98 Å². The maximum absolute atomic E-state index is 5.80. The number of nitrogens with zero attached hydrogens (tertiary/aromatic N) is 1. The van der Waals surface area contributed by atoms with Crippen molar-refractivity contribution in [1.29, 1.82) is 0 Å². The summed E-state index contributed by atoms with van der Waals surface area (Å²) < 4.78 is 0. The molecule has 96 valence electrons. The van der Waals surface area contributed by atoms with Crippen molar-refractivity contribution in [3.8, 4) is 0 Å². The van der Waals surface area contributed by atoms with Crippen LogP contribution in [0.4, 0.5) is 0 Å². The van der Waals surface area contributed by atoms with Crippen LogP contribution < -0.4 is 11.1 Å². The number of nitrogens with one attached hydrogen (secondary N) is 1. The number of thiazole rings is 1. The zero-order chi connectivity index (χ0) is 12.1. The average Bonchev–Trinajstić information content (AvgIpc) is 2.99. The number of rotatable bonds is 6. The molecular formula is C13H23N3S. The third kappa shape index (κ3) is 3.50. The Balaban J connectivity index is 1.69. The summed E-state index contributed by atoms with van der Waals surface area (Å²) in [5.74, 6) is 2.06. The zero-order valence-electron chi connectivity index (χ0n) is 10.6. The molecule has 0 saturated heterocycles. The molecule has 2 rings (SSSR count). The highest BCUT2D eigenvalue weighted by Gasteiger charge is 2.25. The Kier molecular flexibility index (Phi) is 4.95.